The third-order valence-corrected chi connectivity index (χ3v) is 4.48. The molecule has 28 heavy (non-hydrogen) atoms. The van der Waals surface area contributed by atoms with Crippen LogP contribution in [0, 0.1) is 0 Å². The standard InChI is InChI=1S/C20H17NO7/c1-10-7-12-15(22)9-13(17(23)16(12)20(27)28-10)18(24)21-14(19(25)26)8-11-5-3-2-4-6-11/h2-6,9-10,14H,7-8H2,1H3,(H,21,24)(H,25,26)/t10-,14+/m1/s1. The van der Waals surface area contributed by atoms with E-state index >= 15 is 0 Å². The summed E-state index contributed by atoms with van der Waals surface area (Å²) in [4.78, 5) is 60.9. The molecule has 0 aromatic heterocycles. The molecular formula is C20H17NO7. The van der Waals surface area contributed by atoms with Gasteiger partial charge >= 0.3 is 11.9 Å². The zero-order valence-corrected chi connectivity index (χ0v) is 14.9. The molecule has 0 bridgehead atoms. The first-order valence-electron chi connectivity index (χ1n) is 8.60. The van der Waals surface area contributed by atoms with Gasteiger partial charge in [0, 0.05) is 24.5 Å². The first-order chi connectivity index (χ1) is 13.3. The molecule has 144 valence electrons. The zero-order chi connectivity index (χ0) is 20.4. The van der Waals surface area contributed by atoms with Crippen molar-refractivity contribution in [2.24, 2.45) is 0 Å². The number of ketones is 2. The average molecular weight is 383 g/mol. The number of carboxylic acids is 1. The second-order valence-electron chi connectivity index (χ2n) is 6.58. The summed E-state index contributed by atoms with van der Waals surface area (Å²) in [7, 11) is 0. The number of benzene rings is 1. The maximum atomic E-state index is 12.6. The van der Waals surface area contributed by atoms with Crippen LogP contribution in [0.2, 0.25) is 0 Å². The molecule has 2 atom stereocenters. The zero-order valence-electron chi connectivity index (χ0n) is 14.9. The van der Waals surface area contributed by atoms with Crippen LogP contribution in [-0.2, 0) is 35.1 Å². The van der Waals surface area contributed by atoms with E-state index in [2.05, 4.69) is 5.32 Å². The number of rotatable bonds is 5. The first-order valence-corrected chi connectivity index (χ1v) is 8.60. The Kier molecular flexibility index (Phi) is 5.21. The SMILES string of the molecule is C[C@@H]1CC2=C(C(=O)O1)C(=O)C(C(=O)N[C@@H](Cc1ccccc1)C(=O)O)=CC2=O. The fraction of sp³-hybridized carbons (Fsp3) is 0.250. The van der Waals surface area contributed by atoms with Crippen molar-refractivity contribution < 1.29 is 33.8 Å². The molecule has 1 aromatic rings. The van der Waals surface area contributed by atoms with Gasteiger partial charge in [0.15, 0.2) is 5.78 Å². The minimum atomic E-state index is -1.31. The van der Waals surface area contributed by atoms with Gasteiger partial charge in [-0.15, -0.1) is 0 Å². The Hall–Kier alpha value is -3.55. The van der Waals surface area contributed by atoms with Crippen molar-refractivity contribution in [3.63, 3.8) is 0 Å². The highest BCUT2D eigenvalue weighted by Crippen LogP contribution is 2.29. The molecule has 1 aromatic carbocycles. The number of allylic oxidation sites excluding steroid dienone is 1. The number of nitrogens with one attached hydrogen (secondary N) is 1. The topological polar surface area (TPSA) is 127 Å². The fourth-order valence-electron chi connectivity index (χ4n) is 3.12. The molecule has 8 nitrogen and oxygen atoms in total. The number of esters is 1. The average Bonchev–Trinajstić information content (AvgIpc) is 2.64. The summed E-state index contributed by atoms with van der Waals surface area (Å²) in [6, 6.07) is 7.31. The molecule has 0 saturated carbocycles. The fourth-order valence-corrected chi connectivity index (χ4v) is 3.12. The minimum Gasteiger partial charge on any atom is -0.480 e. The highest BCUT2D eigenvalue weighted by molar-refractivity contribution is 6.40. The number of ether oxygens (including phenoxy) is 1. The molecule has 1 heterocycles. The van der Waals surface area contributed by atoms with Crippen molar-refractivity contribution >= 4 is 29.4 Å². The van der Waals surface area contributed by atoms with Crippen molar-refractivity contribution in [3.05, 3.63) is 58.7 Å². The molecular weight excluding hydrogens is 366 g/mol. The Balaban J connectivity index is 1.81. The number of carboxylic acid groups (broad SMARTS) is 1. The molecule has 1 aliphatic carbocycles. The summed E-state index contributed by atoms with van der Waals surface area (Å²) in [5, 5.41) is 11.6. The molecule has 0 unspecified atom stereocenters. The van der Waals surface area contributed by atoms with Gasteiger partial charge in [-0.25, -0.2) is 9.59 Å². The largest absolute Gasteiger partial charge is 0.480 e. The van der Waals surface area contributed by atoms with Gasteiger partial charge in [0.2, 0.25) is 5.78 Å². The summed E-state index contributed by atoms with van der Waals surface area (Å²) < 4.78 is 4.98. The maximum Gasteiger partial charge on any atom is 0.342 e. The highest BCUT2D eigenvalue weighted by Gasteiger charge is 2.41. The Morgan fingerprint density at radius 2 is 1.89 bits per heavy atom. The maximum absolute atomic E-state index is 12.6. The van der Waals surface area contributed by atoms with Gasteiger partial charge in [0.25, 0.3) is 5.91 Å². The molecule has 0 radical (unpaired) electrons. The molecule has 1 amide bonds. The third kappa shape index (κ3) is 3.75. The van der Waals surface area contributed by atoms with E-state index in [4.69, 9.17) is 4.74 Å². The van der Waals surface area contributed by atoms with Crippen molar-refractivity contribution in [2.45, 2.75) is 31.9 Å². The molecule has 2 N–H and O–H groups in total. The van der Waals surface area contributed by atoms with Crippen LogP contribution in [0.4, 0.5) is 0 Å². The van der Waals surface area contributed by atoms with Gasteiger partial charge in [-0.2, -0.15) is 0 Å². The summed E-state index contributed by atoms with van der Waals surface area (Å²) in [5.41, 5.74) is -0.338. The van der Waals surface area contributed by atoms with Crippen LogP contribution in [-0.4, -0.2) is 46.7 Å². The number of hydrogen-bond donors (Lipinski definition) is 2. The Morgan fingerprint density at radius 1 is 1.21 bits per heavy atom. The van der Waals surface area contributed by atoms with Crippen LogP contribution in [0.15, 0.2) is 53.1 Å². The quantitative estimate of drug-likeness (QED) is 0.431. The molecule has 8 heteroatoms. The number of Topliss-reactive ketones (excluding diaryl/α,β-unsaturated/α-hetero) is 1. The lowest BCUT2D eigenvalue weighted by atomic mass is 9.85. The van der Waals surface area contributed by atoms with Crippen molar-refractivity contribution in [1.82, 2.24) is 5.32 Å². The van der Waals surface area contributed by atoms with Gasteiger partial charge in [0.1, 0.15) is 17.7 Å². The number of aliphatic carboxylic acids is 1. The summed E-state index contributed by atoms with van der Waals surface area (Å²) >= 11 is 0. The third-order valence-electron chi connectivity index (χ3n) is 4.48. The van der Waals surface area contributed by atoms with Crippen LogP contribution in [0.5, 0.6) is 0 Å². The Labute approximate surface area is 159 Å². The van der Waals surface area contributed by atoms with Gasteiger partial charge in [-0.05, 0) is 12.5 Å². The van der Waals surface area contributed by atoms with Crippen LogP contribution in [0.3, 0.4) is 0 Å². The van der Waals surface area contributed by atoms with E-state index in [1.165, 1.54) is 0 Å². The molecule has 0 spiro atoms. The number of hydrogen-bond acceptors (Lipinski definition) is 6. The van der Waals surface area contributed by atoms with Crippen molar-refractivity contribution in [3.8, 4) is 0 Å². The smallest absolute Gasteiger partial charge is 0.342 e. The van der Waals surface area contributed by atoms with E-state index in [9.17, 15) is 29.1 Å². The highest BCUT2D eigenvalue weighted by atomic mass is 16.5. The minimum absolute atomic E-state index is 0.00909. The number of carbonyl (C=O) groups excluding carboxylic acids is 4. The van der Waals surface area contributed by atoms with E-state index in [1.807, 2.05) is 0 Å². The van der Waals surface area contributed by atoms with E-state index in [0.717, 1.165) is 6.08 Å². The molecule has 0 fully saturated rings. The summed E-state index contributed by atoms with van der Waals surface area (Å²) in [5.74, 6) is -4.84. The number of amides is 1. The molecule has 2 aliphatic rings. The molecule has 0 saturated heterocycles. The lowest BCUT2D eigenvalue weighted by molar-refractivity contribution is -0.147. The lowest BCUT2D eigenvalue weighted by Crippen LogP contribution is -2.45. The van der Waals surface area contributed by atoms with Crippen LogP contribution in [0.1, 0.15) is 18.9 Å². The van der Waals surface area contributed by atoms with Crippen LogP contribution >= 0.6 is 0 Å². The van der Waals surface area contributed by atoms with E-state index < -0.39 is 52.7 Å². The van der Waals surface area contributed by atoms with Crippen molar-refractivity contribution in [2.75, 3.05) is 0 Å². The number of cyclic esters (lactones) is 1. The Bertz CT molecular complexity index is 943. The van der Waals surface area contributed by atoms with Gasteiger partial charge < -0.3 is 15.2 Å². The second kappa shape index (κ2) is 7.59. The van der Waals surface area contributed by atoms with E-state index in [1.54, 1.807) is 37.3 Å². The monoisotopic (exact) mass is 383 g/mol. The van der Waals surface area contributed by atoms with E-state index in [-0.39, 0.29) is 18.4 Å². The second-order valence-corrected chi connectivity index (χ2v) is 6.58. The van der Waals surface area contributed by atoms with Crippen LogP contribution < -0.4 is 5.32 Å². The summed E-state index contributed by atoms with van der Waals surface area (Å²) in [6.45, 7) is 1.59. The van der Waals surface area contributed by atoms with Crippen molar-refractivity contribution in [1.29, 1.82) is 0 Å². The molecule has 3 rings (SSSR count). The molecule has 1 aliphatic heterocycles. The lowest BCUT2D eigenvalue weighted by Gasteiger charge is -2.26. The predicted octanol–water partition coefficient (Wildman–Crippen LogP) is 0.509. The van der Waals surface area contributed by atoms with Gasteiger partial charge in [-0.1, -0.05) is 30.3 Å². The number of carbonyl (C=O) groups is 5. The Morgan fingerprint density at radius 3 is 2.54 bits per heavy atom. The first kappa shape index (κ1) is 19.2. The van der Waals surface area contributed by atoms with Gasteiger partial charge in [0.05, 0.1) is 5.57 Å². The van der Waals surface area contributed by atoms with Crippen LogP contribution in [0.25, 0.3) is 0 Å². The van der Waals surface area contributed by atoms with Gasteiger partial charge in [-0.3, -0.25) is 14.4 Å². The normalized spacial score (nSPS) is 20.1. The summed E-state index contributed by atoms with van der Waals surface area (Å²) in [6.07, 6.45) is 0.380. The predicted molar refractivity (Wildman–Crippen MR) is 95.0 cm³/mol. The van der Waals surface area contributed by atoms with E-state index in [0.29, 0.717) is 5.56 Å².